The summed E-state index contributed by atoms with van der Waals surface area (Å²) in [6.07, 6.45) is 7.23. The van der Waals surface area contributed by atoms with Crippen LogP contribution in [-0.4, -0.2) is 18.2 Å². The highest BCUT2D eigenvalue weighted by atomic mass is 32.1. The van der Waals surface area contributed by atoms with Gasteiger partial charge in [0.1, 0.15) is 22.5 Å². The third-order valence-electron chi connectivity index (χ3n) is 10.00. The first kappa shape index (κ1) is 33.3. The Hall–Kier alpha value is -6.56. The molecule has 0 saturated heterocycles. The van der Waals surface area contributed by atoms with Crippen molar-refractivity contribution in [2.24, 2.45) is 4.99 Å². The Labute approximate surface area is 317 Å². The molecule has 10 aromatic rings. The van der Waals surface area contributed by atoms with Crippen molar-refractivity contribution in [3.05, 3.63) is 158 Å². The van der Waals surface area contributed by atoms with Crippen molar-refractivity contribution in [3.8, 4) is 44.5 Å². The minimum atomic E-state index is 0.733. The number of benzene rings is 6. The van der Waals surface area contributed by atoms with Gasteiger partial charge in [-0.05, 0) is 117 Å². The molecule has 0 spiro atoms. The minimum Gasteiger partial charge on any atom is -0.456 e. The maximum atomic E-state index is 6.06. The molecule has 5 heteroatoms. The summed E-state index contributed by atoms with van der Waals surface area (Å²) in [7, 11) is 1.77. The van der Waals surface area contributed by atoms with Gasteiger partial charge in [-0.15, -0.1) is 11.3 Å². The smallest absolute Gasteiger partial charge is 0.138 e. The molecule has 0 bridgehead atoms. The van der Waals surface area contributed by atoms with E-state index in [4.69, 9.17) is 8.83 Å². The molecule has 4 aromatic heterocycles. The number of hydrogen-bond acceptors (Lipinski definition) is 5. The fraction of sp³-hybridized carbons (Fsp3) is 0.0612. The van der Waals surface area contributed by atoms with Crippen molar-refractivity contribution in [3.63, 3.8) is 0 Å². The maximum absolute atomic E-state index is 6.06. The van der Waals surface area contributed by atoms with Crippen molar-refractivity contribution in [1.29, 1.82) is 0 Å². The zero-order valence-corrected chi connectivity index (χ0v) is 31.1. The Balaban J connectivity index is 0.00000189. The minimum absolute atomic E-state index is 0.733. The molecule has 0 saturated carbocycles. The SMILES string of the molecule is C=Cc1oc2ccc(-c3cccc(-c4cccc(-c5ccc6sc7ccc(-c8ccc9oc%10ccncc%10c9c8)cc7c6c5)c4)c3)cc2c1C=NC.CC. The second kappa shape index (κ2) is 13.8. The number of aromatic nitrogens is 1. The first-order valence-electron chi connectivity index (χ1n) is 18.2. The van der Waals surface area contributed by atoms with Crippen LogP contribution < -0.4 is 0 Å². The number of nitrogens with zero attached hydrogens (tertiary/aromatic N) is 2. The third-order valence-corrected chi connectivity index (χ3v) is 11.1. The molecule has 0 fully saturated rings. The summed E-state index contributed by atoms with van der Waals surface area (Å²) >= 11 is 1.84. The average molecular weight is 717 g/mol. The predicted octanol–water partition coefficient (Wildman–Crippen LogP) is 14.5. The van der Waals surface area contributed by atoms with Crippen LogP contribution in [0, 0.1) is 0 Å². The Kier molecular flexibility index (Phi) is 8.49. The van der Waals surface area contributed by atoms with E-state index in [1.807, 2.05) is 49.7 Å². The summed E-state index contributed by atoms with van der Waals surface area (Å²) in [6, 6.07) is 45.9. The highest BCUT2D eigenvalue weighted by Gasteiger charge is 2.14. The molecule has 10 rings (SSSR count). The summed E-state index contributed by atoms with van der Waals surface area (Å²) in [5, 5.41) is 5.69. The average Bonchev–Trinajstić information content (AvgIpc) is 3.91. The van der Waals surface area contributed by atoms with Crippen LogP contribution >= 0.6 is 11.3 Å². The van der Waals surface area contributed by atoms with Crippen molar-refractivity contribution in [2.45, 2.75) is 13.8 Å². The molecule has 0 aliphatic heterocycles. The molecule has 0 aliphatic rings. The van der Waals surface area contributed by atoms with Crippen LogP contribution in [0.25, 0.3) is 104 Å². The van der Waals surface area contributed by atoms with Crippen molar-refractivity contribution < 1.29 is 8.83 Å². The van der Waals surface area contributed by atoms with Gasteiger partial charge in [0.2, 0.25) is 0 Å². The standard InChI is InChI=1S/C47H30N2O2S.C2H6/c1-3-42-40(26-48-2)36-22-32(10-14-43(36)50-42)30-8-4-6-28(20-30)29-7-5-9-31(21-29)34-12-16-46-38(24-34)39-25-35(13-17-47(39)52-46)33-11-15-44-37(23-33)41-27-49-19-18-45(41)51-44;1-2/h3-27H,1H2,2H3;1-2H3. The first-order chi connectivity index (χ1) is 26.6. The van der Waals surface area contributed by atoms with Gasteiger partial charge in [0, 0.05) is 67.6 Å². The van der Waals surface area contributed by atoms with Crippen LogP contribution in [0.1, 0.15) is 25.2 Å². The van der Waals surface area contributed by atoms with Crippen molar-refractivity contribution in [2.75, 3.05) is 7.05 Å². The van der Waals surface area contributed by atoms with E-state index < -0.39 is 0 Å². The van der Waals surface area contributed by atoms with E-state index >= 15 is 0 Å². The van der Waals surface area contributed by atoms with Gasteiger partial charge in [-0.3, -0.25) is 9.98 Å². The number of thiophene rings is 1. The van der Waals surface area contributed by atoms with E-state index in [9.17, 15) is 0 Å². The summed E-state index contributed by atoms with van der Waals surface area (Å²) in [5.41, 5.74) is 12.8. The molecule has 0 N–H and O–H groups in total. The monoisotopic (exact) mass is 716 g/mol. The number of fused-ring (bicyclic) bond motifs is 7. The van der Waals surface area contributed by atoms with Crippen LogP contribution in [0.2, 0.25) is 0 Å². The summed E-state index contributed by atoms with van der Waals surface area (Å²) in [4.78, 5) is 8.58. The fourth-order valence-corrected chi connectivity index (χ4v) is 8.49. The predicted molar refractivity (Wildman–Crippen MR) is 231 cm³/mol. The Morgan fingerprint density at radius 1 is 0.537 bits per heavy atom. The molecule has 6 aromatic carbocycles. The first-order valence-corrected chi connectivity index (χ1v) is 19.0. The molecule has 0 unspecified atom stereocenters. The highest BCUT2D eigenvalue weighted by molar-refractivity contribution is 7.25. The van der Waals surface area contributed by atoms with Gasteiger partial charge < -0.3 is 8.83 Å². The molecule has 0 aliphatic carbocycles. The summed E-state index contributed by atoms with van der Waals surface area (Å²) in [6.45, 7) is 7.92. The van der Waals surface area contributed by atoms with Gasteiger partial charge in [0.05, 0.1) is 0 Å². The zero-order chi connectivity index (χ0) is 36.8. The molecule has 260 valence electrons. The Bertz CT molecular complexity index is 3070. The lowest BCUT2D eigenvalue weighted by Crippen LogP contribution is -1.85. The zero-order valence-electron chi connectivity index (χ0n) is 30.3. The van der Waals surface area contributed by atoms with Gasteiger partial charge in [-0.25, -0.2) is 0 Å². The van der Waals surface area contributed by atoms with E-state index in [1.165, 1.54) is 48.0 Å². The maximum Gasteiger partial charge on any atom is 0.138 e. The van der Waals surface area contributed by atoms with E-state index in [0.29, 0.717) is 0 Å². The van der Waals surface area contributed by atoms with Crippen LogP contribution in [0.4, 0.5) is 0 Å². The van der Waals surface area contributed by atoms with Crippen molar-refractivity contribution in [1.82, 2.24) is 4.98 Å². The second-order valence-corrected chi connectivity index (χ2v) is 14.1. The number of aliphatic imine (C=N–C) groups is 1. The molecule has 4 heterocycles. The normalized spacial score (nSPS) is 11.6. The second-order valence-electron chi connectivity index (χ2n) is 13.1. The molecule has 0 atom stereocenters. The van der Waals surface area contributed by atoms with Gasteiger partial charge in [-0.2, -0.15) is 0 Å². The van der Waals surface area contributed by atoms with E-state index in [0.717, 1.165) is 60.9 Å². The van der Waals surface area contributed by atoms with Gasteiger partial charge >= 0.3 is 0 Å². The van der Waals surface area contributed by atoms with Gasteiger partial charge in [0.25, 0.3) is 0 Å². The number of furan rings is 2. The van der Waals surface area contributed by atoms with Crippen LogP contribution in [0.15, 0.2) is 160 Å². The molecule has 0 radical (unpaired) electrons. The summed E-state index contributed by atoms with van der Waals surface area (Å²) < 4.78 is 14.6. The number of hydrogen-bond donors (Lipinski definition) is 0. The van der Waals surface area contributed by atoms with E-state index in [2.05, 4.69) is 132 Å². The quantitative estimate of drug-likeness (QED) is 0.161. The lowest BCUT2D eigenvalue weighted by atomic mass is 9.95. The number of rotatable bonds is 6. The lowest BCUT2D eigenvalue weighted by molar-refractivity contribution is 0.604. The lowest BCUT2D eigenvalue weighted by Gasteiger charge is -2.09. The summed E-state index contributed by atoms with van der Waals surface area (Å²) in [5.74, 6) is 0.733. The molecule has 0 amide bonds. The molecule has 54 heavy (non-hydrogen) atoms. The van der Waals surface area contributed by atoms with Crippen LogP contribution in [-0.2, 0) is 0 Å². The van der Waals surface area contributed by atoms with Crippen molar-refractivity contribution >= 4 is 76.7 Å². The topological polar surface area (TPSA) is 51.5 Å². The molecular formula is C49H36N2O2S. The Morgan fingerprint density at radius 3 is 1.57 bits per heavy atom. The molecule has 4 nitrogen and oxygen atoms in total. The van der Waals surface area contributed by atoms with E-state index in [1.54, 1.807) is 19.3 Å². The molecular weight excluding hydrogens is 681 g/mol. The highest BCUT2D eigenvalue weighted by Crippen LogP contribution is 2.40. The van der Waals surface area contributed by atoms with Gasteiger partial charge in [0.15, 0.2) is 0 Å². The van der Waals surface area contributed by atoms with Crippen LogP contribution in [0.3, 0.4) is 0 Å². The Morgan fingerprint density at radius 2 is 1.02 bits per heavy atom. The van der Waals surface area contributed by atoms with Gasteiger partial charge in [-0.1, -0.05) is 81.1 Å². The van der Waals surface area contributed by atoms with E-state index in [-0.39, 0.29) is 0 Å². The van der Waals surface area contributed by atoms with Crippen LogP contribution in [0.5, 0.6) is 0 Å². The number of pyridine rings is 1. The third kappa shape index (κ3) is 5.70. The fourth-order valence-electron chi connectivity index (χ4n) is 7.42. The largest absolute Gasteiger partial charge is 0.456 e.